The molecule has 1 saturated heterocycles. The fraction of sp³-hybridized carbons (Fsp3) is 0.375. The summed E-state index contributed by atoms with van der Waals surface area (Å²) in [5.41, 5.74) is 0.731. The van der Waals surface area contributed by atoms with Crippen LogP contribution in [0.3, 0.4) is 0 Å². The number of hydrogen-bond acceptors (Lipinski definition) is 5. The predicted octanol–water partition coefficient (Wildman–Crippen LogP) is 6.14. The highest BCUT2D eigenvalue weighted by Crippen LogP contribution is 2.54. The van der Waals surface area contributed by atoms with Crippen molar-refractivity contribution in [2.24, 2.45) is 5.92 Å². The van der Waals surface area contributed by atoms with Crippen LogP contribution in [0.2, 0.25) is 10.0 Å². The predicted molar refractivity (Wildman–Crippen MR) is 163 cm³/mol. The SMILES string of the molecule is O=C(O)C[C@H]1O[C@H](c2cccc(Cl)c2)[C@@H](c2ccc(Cl)cc2)N([C@H](CNS(=O)(=O)C2(c3c(F)cccc3F)CC2)C2CC2)C1=O. The maximum atomic E-state index is 14.8. The summed E-state index contributed by atoms with van der Waals surface area (Å²) in [5, 5.41) is 10.5. The van der Waals surface area contributed by atoms with Crippen LogP contribution >= 0.6 is 23.2 Å². The van der Waals surface area contributed by atoms with E-state index in [2.05, 4.69) is 4.72 Å². The Balaban J connectivity index is 1.41. The molecule has 0 unspecified atom stereocenters. The van der Waals surface area contributed by atoms with Crippen LogP contribution in [-0.2, 0) is 29.1 Å². The van der Waals surface area contributed by atoms with Crippen molar-refractivity contribution in [2.75, 3.05) is 6.54 Å². The second kappa shape index (κ2) is 12.3. The van der Waals surface area contributed by atoms with E-state index in [-0.39, 0.29) is 25.3 Å². The Morgan fingerprint density at radius 3 is 2.22 bits per heavy atom. The summed E-state index contributed by atoms with van der Waals surface area (Å²) in [4.78, 5) is 27.6. The average Bonchev–Trinajstić information content (AvgIpc) is 3.91. The van der Waals surface area contributed by atoms with Gasteiger partial charge in [0.2, 0.25) is 10.0 Å². The van der Waals surface area contributed by atoms with Crippen LogP contribution in [0.5, 0.6) is 0 Å². The van der Waals surface area contributed by atoms with Crippen molar-refractivity contribution in [2.45, 2.75) is 61.1 Å². The number of morpholine rings is 1. The Bertz CT molecular complexity index is 1710. The lowest BCUT2D eigenvalue weighted by Crippen LogP contribution is -2.58. The van der Waals surface area contributed by atoms with E-state index in [1.54, 1.807) is 48.5 Å². The lowest BCUT2D eigenvalue weighted by Gasteiger charge is -2.48. The number of nitrogens with zero attached hydrogens (tertiary/aromatic N) is 1. The number of aliphatic carboxylic acids is 1. The zero-order valence-corrected chi connectivity index (χ0v) is 26.2. The number of carbonyl (C=O) groups excluding carboxylic acids is 1. The van der Waals surface area contributed by atoms with Crippen molar-refractivity contribution in [3.63, 3.8) is 0 Å². The fourth-order valence-corrected chi connectivity index (χ4v) is 8.46. The van der Waals surface area contributed by atoms with Crippen molar-refractivity contribution in [3.8, 4) is 0 Å². The number of amides is 1. The van der Waals surface area contributed by atoms with Crippen LogP contribution < -0.4 is 4.72 Å². The second-order valence-corrected chi connectivity index (χ2v) is 14.7. The summed E-state index contributed by atoms with van der Waals surface area (Å²) in [5.74, 6) is -3.84. The van der Waals surface area contributed by atoms with E-state index in [1.165, 1.54) is 11.0 Å². The molecule has 3 fully saturated rings. The number of carbonyl (C=O) groups is 2. The highest BCUT2D eigenvalue weighted by atomic mass is 35.5. The van der Waals surface area contributed by atoms with Crippen molar-refractivity contribution in [1.82, 2.24) is 9.62 Å². The van der Waals surface area contributed by atoms with Crippen molar-refractivity contribution in [1.29, 1.82) is 0 Å². The first-order valence-corrected chi connectivity index (χ1v) is 16.8. The van der Waals surface area contributed by atoms with Gasteiger partial charge in [-0.1, -0.05) is 53.5 Å². The van der Waals surface area contributed by atoms with E-state index in [0.29, 0.717) is 34.0 Å². The zero-order chi connectivity index (χ0) is 32.1. The lowest BCUT2D eigenvalue weighted by atomic mass is 9.89. The maximum absolute atomic E-state index is 14.8. The topological polar surface area (TPSA) is 113 Å². The Hall–Kier alpha value is -3.09. The molecule has 45 heavy (non-hydrogen) atoms. The summed E-state index contributed by atoms with van der Waals surface area (Å²) >= 11 is 12.5. The van der Waals surface area contributed by atoms with Gasteiger partial charge < -0.3 is 14.7 Å². The third kappa shape index (κ3) is 6.20. The number of hydrogen-bond donors (Lipinski definition) is 2. The van der Waals surface area contributed by atoms with Crippen molar-refractivity contribution in [3.05, 3.63) is 105 Å². The molecule has 4 atom stereocenters. The highest BCUT2D eigenvalue weighted by molar-refractivity contribution is 7.90. The Labute approximate surface area is 269 Å². The van der Waals surface area contributed by atoms with Crippen LogP contribution in [-0.4, -0.2) is 49.0 Å². The molecule has 0 spiro atoms. The molecule has 3 aliphatic rings. The molecule has 6 rings (SSSR count). The molecule has 0 aromatic heterocycles. The summed E-state index contributed by atoms with van der Waals surface area (Å²) < 4.78 is 64.2. The summed E-state index contributed by atoms with van der Waals surface area (Å²) in [6, 6.07) is 15.3. The van der Waals surface area contributed by atoms with Gasteiger partial charge in [-0.05, 0) is 79.1 Å². The molecule has 2 N–H and O–H groups in total. The monoisotopic (exact) mass is 678 g/mol. The molecule has 1 aliphatic heterocycles. The number of sulfonamides is 1. The van der Waals surface area contributed by atoms with Gasteiger partial charge in [0.1, 0.15) is 28.6 Å². The molecule has 0 radical (unpaired) electrons. The molecule has 8 nitrogen and oxygen atoms in total. The lowest BCUT2D eigenvalue weighted by molar-refractivity contribution is -0.184. The van der Waals surface area contributed by atoms with Gasteiger partial charge in [-0.2, -0.15) is 0 Å². The van der Waals surface area contributed by atoms with Gasteiger partial charge >= 0.3 is 5.97 Å². The zero-order valence-electron chi connectivity index (χ0n) is 23.8. The molecular formula is C32H30Cl2F2N2O6S. The van der Waals surface area contributed by atoms with Gasteiger partial charge in [-0.25, -0.2) is 21.9 Å². The van der Waals surface area contributed by atoms with Gasteiger partial charge in [0.05, 0.1) is 12.5 Å². The Morgan fingerprint density at radius 1 is 1.00 bits per heavy atom. The minimum atomic E-state index is -4.32. The van der Waals surface area contributed by atoms with Crippen LogP contribution in [0.1, 0.15) is 60.9 Å². The molecule has 3 aromatic rings. The van der Waals surface area contributed by atoms with Crippen molar-refractivity contribution < 1.29 is 36.6 Å². The molecule has 238 valence electrons. The van der Waals surface area contributed by atoms with E-state index < -0.39 is 74.6 Å². The van der Waals surface area contributed by atoms with Crippen LogP contribution in [0.25, 0.3) is 0 Å². The third-order valence-electron chi connectivity index (χ3n) is 8.82. The number of rotatable bonds is 11. The summed E-state index contributed by atoms with van der Waals surface area (Å²) in [7, 11) is -4.32. The first kappa shape index (κ1) is 31.9. The number of nitrogens with one attached hydrogen (secondary N) is 1. The Morgan fingerprint density at radius 2 is 1.64 bits per heavy atom. The van der Waals surface area contributed by atoms with E-state index in [4.69, 9.17) is 27.9 Å². The molecule has 1 amide bonds. The molecule has 0 bridgehead atoms. The Kier molecular flexibility index (Phi) is 8.68. The van der Waals surface area contributed by atoms with E-state index in [1.807, 2.05) is 0 Å². The van der Waals surface area contributed by atoms with Gasteiger partial charge in [0.15, 0.2) is 0 Å². The molecule has 2 aliphatic carbocycles. The molecule has 3 aromatic carbocycles. The summed E-state index contributed by atoms with van der Waals surface area (Å²) in [6.45, 7) is -0.247. The standard InChI is InChI=1S/C32H30Cl2F2N2O6S/c33-21-11-9-19(10-12-21)29-30(20-3-1-4-22(34)15-20)44-26(16-27(39)40)31(41)38(29)25(18-7-8-18)17-37-45(42,43)32(13-14-32)28-23(35)5-2-6-24(28)36/h1-6,9-12,15,18,25-26,29-30,37H,7-8,13-14,16-17H2,(H,39,40)/t25-,26-,29-,30-/m1/s1. The van der Waals surface area contributed by atoms with E-state index in [9.17, 15) is 31.9 Å². The van der Waals surface area contributed by atoms with E-state index >= 15 is 0 Å². The summed E-state index contributed by atoms with van der Waals surface area (Å²) in [6.07, 6.45) is -1.38. The largest absolute Gasteiger partial charge is 0.481 e. The minimum Gasteiger partial charge on any atom is -0.481 e. The van der Waals surface area contributed by atoms with Gasteiger partial charge in [-0.15, -0.1) is 0 Å². The normalized spacial score (nSPS) is 23.5. The van der Waals surface area contributed by atoms with Crippen LogP contribution in [0.4, 0.5) is 8.78 Å². The smallest absolute Gasteiger partial charge is 0.306 e. The first-order valence-electron chi connectivity index (χ1n) is 14.6. The second-order valence-electron chi connectivity index (χ2n) is 11.8. The van der Waals surface area contributed by atoms with Crippen LogP contribution in [0.15, 0.2) is 66.7 Å². The van der Waals surface area contributed by atoms with Gasteiger partial charge in [0, 0.05) is 28.2 Å². The average molecular weight is 680 g/mol. The third-order valence-corrected chi connectivity index (χ3v) is 11.5. The van der Waals surface area contributed by atoms with Gasteiger partial charge in [-0.3, -0.25) is 9.59 Å². The fourth-order valence-electron chi connectivity index (χ4n) is 6.37. The minimum absolute atomic E-state index is 0.0374. The number of benzene rings is 3. The quantitative estimate of drug-likeness (QED) is 0.252. The number of halogens is 4. The first-order chi connectivity index (χ1) is 21.4. The molecule has 1 heterocycles. The maximum Gasteiger partial charge on any atom is 0.306 e. The van der Waals surface area contributed by atoms with Crippen molar-refractivity contribution >= 4 is 45.1 Å². The number of ether oxygens (including phenoxy) is 1. The number of carboxylic acid groups (broad SMARTS) is 1. The molecular weight excluding hydrogens is 649 g/mol. The van der Waals surface area contributed by atoms with Crippen LogP contribution in [0, 0.1) is 17.6 Å². The highest BCUT2D eigenvalue weighted by Gasteiger charge is 2.59. The number of carboxylic acids is 1. The molecule has 13 heteroatoms. The van der Waals surface area contributed by atoms with Gasteiger partial charge in [0.25, 0.3) is 5.91 Å². The van der Waals surface area contributed by atoms with E-state index in [0.717, 1.165) is 12.1 Å². The molecule has 2 saturated carbocycles.